The van der Waals surface area contributed by atoms with Crippen molar-refractivity contribution in [1.29, 1.82) is 0 Å². The van der Waals surface area contributed by atoms with Crippen molar-refractivity contribution in [3.63, 3.8) is 0 Å². The molecule has 3 N–H and O–H groups in total. The SMILES string of the molecule is CN.C[NH-].[K+]. The van der Waals surface area contributed by atoms with Crippen LogP contribution in [0.3, 0.4) is 0 Å². The van der Waals surface area contributed by atoms with Gasteiger partial charge in [-0.25, -0.2) is 0 Å². The molecule has 0 spiro atoms. The van der Waals surface area contributed by atoms with Gasteiger partial charge in [-0.05, 0) is 7.05 Å². The maximum absolute atomic E-state index is 5.75. The summed E-state index contributed by atoms with van der Waals surface area (Å²) in [5.74, 6) is 0. The van der Waals surface area contributed by atoms with Gasteiger partial charge in [0.1, 0.15) is 0 Å². The molecule has 0 aliphatic rings. The molecule has 0 aliphatic heterocycles. The molecule has 0 amide bonds. The zero-order chi connectivity index (χ0) is 4.00. The van der Waals surface area contributed by atoms with Crippen molar-refractivity contribution in [2.45, 2.75) is 0 Å². The molecule has 0 bridgehead atoms. The van der Waals surface area contributed by atoms with Gasteiger partial charge in [0, 0.05) is 0 Å². The van der Waals surface area contributed by atoms with E-state index >= 15 is 0 Å². The Morgan fingerprint density at radius 3 is 1.20 bits per heavy atom. The average molecular weight is 100 g/mol. The molecule has 0 aromatic rings. The maximum atomic E-state index is 5.75. The first-order valence-electron chi connectivity index (χ1n) is 1.08. The summed E-state index contributed by atoms with van der Waals surface area (Å²) in [7, 11) is 2.75. The fourth-order valence-corrected chi connectivity index (χ4v) is 0. The molecule has 0 unspecified atom stereocenters. The number of hydrogen-bond donors (Lipinski definition) is 1. The van der Waals surface area contributed by atoms with Crippen LogP contribution < -0.4 is 57.1 Å². The Bertz CT molecular complexity index is 7.61. The molecule has 0 aliphatic carbocycles. The van der Waals surface area contributed by atoms with Crippen LogP contribution in [0.1, 0.15) is 0 Å². The smallest absolute Gasteiger partial charge is 0.680 e. The van der Waals surface area contributed by atoms with E-state index in [1.54, 1.807) is 0 Å². The fraction of sp³-hybridized carbons (Fsp3) is 1.00. The van der Waals surface area contributed by atoms with Crippen molar-refractivity contribution in [2.75, 3.05) is 14.1 Å². The Morgan fingerprint density at radius 1 is 1.20 bits per heavy atom. The van der Waals surface area contributed by atoms with Crippen molar-refractivity contribution in [3.05, 3.63) is 5.73 Å². The molecule has 0 heterocycles. The van der Waals surface area contributed by atoms with Gasteiger partial charge in [-0.15, -0.1) is 0 Å². The summed E-state index contributed by atoms with van der Waals surface area (Å²) in [5, 5.41) is 0. The standard InChI is InChI=1S/CH5N.CH4N.K/c2*1-2;/h2H2,1H3;2H,1H3;/q;-1;+1. The molecule has 5 heavy (non-hydrogen) atoms. The van der Waals surface area contributed by atoms with Crippen LogP contribution in [-0.2, 0) is 0 Å². The summed E-state index contributed by atoms with van der Waals surface area (Å²) in [6, 6.07) is 0. The summed E-state index contributed by atoms with van der Waals surface area (Å²) in [6.45, 7) is 0. The monoisotopic (exact) mass is 100 g/mol. The van der Waals surface area contributed by atoms with Crippen LogP contribution in [0.2, 0.25) is 0 Å². The second-order valence-electron chi connectivity index (χ2n) is 0. The van der Waals surface area contributed by atoms with Gasteiger partial charge in [0.15, 0.2) is 0 Å². The minimum Gasteiger partial charge on any atom is -0.680 e. The molecule has 0 atom stereocenters. The minimum absolute atomic E-state index is 0. The summed E-state index contributed by atoms with van der Waals surface area (Å²) >= 11 is 0. The molecule has 3 heteroatoms. The van der Waals surface area contributed by atoms with Gasteiger partial charge in [0.2, 0.25) is 0 Å². The molecule has 0 aromatic heterocycles. The number of hydrogen-bond acceptors (Lipinski definition) is 1. The van der Waals surface area contributed by atoms with E-state index in [-0.39, 0.29) is 51.4 Å². The third-order valence-corrected chi connectivity index (χ3v) is 0. The van der Waals surface area contributed by atoms with Crippen LogP contribution >= 0.6 is 0 Å². The third kappa shape index (κ3) is 29.0. The summed E-state index contributed by atoms with van der Waals surface area (Å²) < 4.78 is 0. The van der Waals surface area contributed by atoms with Crippen molar-refractivity contribution in [3.8, 4) is 0 Å². The Hall–Kier alpha value is 1.56. The van der Waals surface area contributed by atoms with E-state index in [4.69, 9.17) is 5.73 Å². The average Bonchev–Trinajstić information content (AvgIpc) is 1.50. The second-order valence-corrected chi connectivity index (χ2v) is 0. The number of nitrogens with two attached hydrogens (primary N) is 1. The van der Waals surface area contributed by atoms with E-state index in [0.717, 1.165) is 0 Å². The van der Waals surface area contributed by atoms with Gasteiger partial charge in [-0.1, -0.05) is 0 Å². The fourth-order valence-electron chi connectivity index (χ4n) is 0. The van der Waals surface area contributed by atoms with E-state index < -0.39 is 0 Å². The first-order valence-corrected chi connectivity index (χ1v) is 1.08. The Kier molecular flexibility index (Phi) is 152. The second kappa shape index (κ2) is 47.6. The van der Waals surface area contributed by atoms with E-state index in [1.807, 2.05) is 0 Å². The number of nitrogens with one attached hydrogen (secondary N) is 1. The third-order valence-electron chi connectivity index (χ3n) is 0. The van der Waals surface area contributed by atoms with Crippen LogP contribution in [0.25, 0.3) is 5.73 Å². The molecule has 0 radical (unpaired) electrons. The Morgan fingerprint density at radius 2 is 1.20 bits per heavy atom. The van der Waals surface area contributed by atoms with Gasteiger partial charge in [0.25, 0.3) is 0 Å². The van der Waals surface area contributed by atoms with Crippen LogP contribution in [-0.4, -0.2) is 14.1 Å². The van der Waals surface area contributed by atoms with E-state index in [1.165, 1.54) is 14.1 Å². The quantitative estimate of drug-likeness (QED) is 0.330. The Balaban J connectivity index is -0.0000000133. The first kappa shape index (κ1) is 16.0. The predicted molar refractivity (Wildman–Crippen MR) is 20.4 cm³/mol. The predicted octanol–water partition coefficient (Wildman–Crippen LogP) is -2.75. The van der Waals surface area contributed by atoms with Gasteiger partial charge < -0.3 is 11.5 Å². The van der Waals surface area contributed by atoms with Crippen LogP contribution in [0.5, 0.6) is 0 Å². The van der Waals surface area contributed by atoms with Gasteiger partial charge >= 0.3 is 51.4 Å². The van der Waals surface area contributed by atoms with Gasteiger partial charge in [-0.3, -0.25) is 0 Å². The first-order chi connectivity index (χ1) is 2.00. The van der Waals surface area contributed by atoms with Crippen LogP contribution in [0.4, 0.5) is 0 Å². The summed E-state index contributed by atoms with van der Waals surface area (Å²) in [6.07, 6.45) is 0. The van der Waals surface area contributed by atoms with E-state index in [2.05, 4.69) is 5.73 Å². The molecule has 28 valence electrons. The van der Waals surface area contributed by atoms with Crippen LogP contribution in [0, 0.1) is 0 Å². The zero-order valence-corrected chi connectivity index (χ0v) is 7.20. The van der Waals surface area contributed by atoms with Crippen molar-refractivity contribution >= 4 is 0 Å². The number of rotatable bonds is 0. The minimum atomic E-state index is 0. The molecule has 0 fully saturated rings. The molecule has 0 aromatic carbocycles. The normalized spacial score (nSPS) is 2.40. The largest absolute Gasteiger partial charge is 1.00 e. The Labute approximate surface area is 75.7 Å². The summed E-state index contributed by atoms with van der Waals surface area (Å²) in [5.41, 5.74) is 10.2. The van der Waals surface area contributed by atoms with Crippen molar-refractivity contribution < 1.29 is 51.4 Å². The van der Waals surface area contributed by atoms with Crippen molar-refractivity contribution in [2.24, 2.45) is 5.73 Å². The van der Waals surface area contributed by atoms with Gasteiger partial charge in [-0.2, -0.15) is 7.05 Å². The molecular weight excluding hydrogens is 91.1 g/mol. The van der Waals surface area contributed by atoms with E-state index in [9.17, 15) is 0 Å². The zero-order valence-electron chi connectivity index (χ0n) is 4.08. The molecule has 0 saturated carbocycles. The van der Waals surface area contributed by atoms with E-state index in [0.29, 0.717) is 0 Å². The molecule has 0 saturated heterocycles. The van der Waals surface area contributed by atoms with Crippen LogP contribution in [0.15, 0.2) is 0 Å². The van der Waals surface area contributed by atoms with Gasteiger partial charge in [0.05, 0.1) is 0 Å². The molecule has 0 rings (SSSR count). The maximum Gasteiger partial charge on any atom is 1.00 e. The van der Waals surface area contributed by atoms with Crippen molar-refractivity contribution in [1.82, 2.24) is 0 Å². The molecular formula is C2H9KN2. The molecule has 2 nitrogen and oxygen atoms in total. The topological polar surface area (TPSA) is 49.8 Å². The summed E-state index contributed by atoms with van der Waals surface area (Å²) in [4.78, 5) is 0.